The number of likely N-dealkylation sites (tertiary alicyclic amines) is 1. The number of hydrogen-bond acceptors (Lipinski definition) is 5. The topological polar surface area (TPSA) is 98.7 Å². The number of anilines is 1. The molecule has 218 valence electrons. The number of aliphatic hydroxyl groups excluding tert-OH is 1. The minimum Gasteiger partial charge on any atom is -0.394 e. The molecule has 7 nitrogen and oxygen atoms in total. The summed E-state index contributed by atoms with van der Waals surface area (Å²) in [5, 5.41) is 18.9. The summed E-state index contributed by atoms with van der Waals surface area (Å²) in [5.74, 6) is -1.89. The molecule has 4 aromatic rings. The summed E-state index contributed by atoms with van der Waals surface area (Å²) < 4.78 is -0.764. The number of benzene rings is 4. The van der Waals surface area contributed by atoms with Gasteiger partial charge in [-0.25, -0.2) is 0 Å². The first kappa shape index (κ1) is 27.7. The number of nitrogens with one attached hydrogen (secondary N) is 2. The maximum absolute atomic E-state index is 14.5. The summed E-state index contributed by atoms with van der Waals surface area (Å²) in [6, 6.07) is 31.2. The number of carbonyl (C=O) groups is 3. The van der Waals surface area contributed by atoms with Gasteiger partial charge in [0.05, 0.1) is 29.2 Å². The smallest absolute Gasteiger partial charge is 0.248 e. The van der Waals surface area contributed by atoms with E-state index in [4.69, 9.17) is 0 Å². The molecule has 4 aromatic carbocycles. The van der Waals surface area contributed by atoms with Crippen LogP contribution in [-0.4, -0.2) is 50.4 Å². The van der Waals surface area contributed by atoms with Crippen LogP contribution in [-0.2, 0) is 20.9 Å². The van der Waals surface area contributed by atoms with Crippen molar-refractivity contribution in [2.45, 2.75) is 41.5 Å². The van der Waals surface area contributed by atoms with Gasteiger partial charge in [0, 0.05) is 17.5 Å². The van der Waals surface area contributed by atoms with Crippen molar-refractivity contribution >= 4 is 45.9 Å². The molecule has 0 aliphatic carbocycles. The number of thioether (sulfide) groups is 1. The molecule has 3 saturated heterocycles. The molecule has 0 saturated carbocycles. The van der Waals surface area contributed by atoms with E-state index < -0.39 is 28.7 Å². The van der Waals surface area contributed by atoms with Gasteiger partial charge in [0.25, 0.3) is 0 Å². The molecule has 3 aliphatic rings. The Morgan fingerprint density at radius 2 is 1.60 bits per heavy atom. The first-order valence-electron chi connectivity index (χ1n) is 14.8. The highest BCUT2D eigenvalue weighted by atomic mass is 32.2. The minimum atomic E-state index is -0.851. The molecule has 1 spiro atoms. The summed E-state index contributed by atoms with van der Waals surface area (Å²) in [7, 11) is 0. The zero-order chi connectivity index (χ0) is 29.6. The maximum atomic E-state index is 14.5. The van der Waals surface area contributed by atoms with E-state index in [0.717, 1.165) is 28.3 Å². The Labute approximate surface area is 254 Å². The molecular formula is C35H33N3O4S. The lowest BCUT2D eigenvalue weighted by molar-refractivity contribution is -0.142. The van der Waals surface area contributed by atoms with Gasteiger partial charge < -0.3 is 20.6 Å². The number of amides is 3. The van der Waals surface area contributed by atoms with Gasteiger partial charge in [-0.15, -0.1) is 11.8 Å². The summed E-state index contributed by atoms with van der Waals surface area (Å²) in [6.45, 7) is 0.0393. The molecule has 2 bridgehead atoms. The second-order valence-electron chi connectivity index (χ2n) is 11.7. The van der Waals surface area contributed by atoms with Crippen molar-refractivity contribution in [2.75, 3.05) is 11.9 Å². The molecule has 7 rings (SSSR count). The fourth-order valence-electron chi connectivity index (χ4n) is 7.44. The number of aliphatic hydroxyl groups is 1. The molecular weight excluding hydrogens is 558 g/mol. The van der Waals surface area contributed by atoms with Gasteiger partial charge in [-0.1, -0.05) is 91.0 Å². The minimum absolute atomic E-state index is 0.0489. The monoisotopic (exact) mass is 591 g/mol. The number of carbonyl (C=O) groups excluding carboxylic acids is 3. The van der Waals surface area contributed by atoms with E-state index in [1.54, 1.807) is 16.7 Å². The predicted molar refractivity (Wildman–Crippen MR) is 168 cm³/mol. The molecule has 3 aliphatic heterocycles. The Morgan fingerprint density at radius 3 is 2.35 bits per heavy atom. The van der Waals surface area contributed by atoms with E-state index in [1.807, 2.05) is 103 Å². The summed E-state index contributed by atoms with van der Waals surface area (Å²) in [6.07, 6.45) is 1.40. The standard InChI is InChI=1S/C35H33N3O4S/c39-21-27(24-12-5-2-6-13-24)38-31(33(41)37-26-16-15-23-11-7-8-14-25(23)19-26)35-18-17-28(43-35)29(30(35)34(38)42)32(40)36-20-22-9-3-1-4-10-22/h1-16,19,27-31,39H,17-18,20-21H2,(H,36,40)(H,37,41)/t27-,28-,29+,30+,31?,35?/m1/s1. The van der Waals surface area contributed by atoms with Crippen LogP contribution in [0.2, 0.25) is 0 Å². The highest BCUT2D eigenvalue weighted by molar-refractivity contribution is 8.02. The van der Waals surface area contributed by atoms with Crippen molar-refractivity contribution < 1.29 is 19.5 Å². The number of hydrogen-bond donors (Lipinski definition) is 3. The average Bonchev–Trinajstić information content (AvgIpc) is 3.69. The number of rotatable bonds is 8. The van der Waals surface area contributed by atoms with E-state index in [1.165, 1.54) is 0 Å². The third kappa shape index (κ3) is 4.69. The Kier molecular flexibility index (Phi) is 7.19. The predicted octanol–water partition coefficient (Wildman–Crippen LogP) is 4.92. The van der Waals surface area contributed by atoms with Gasteiger partial charge in [-0.05, 0) is 46.9 Å². The lowest BCUT2D eigenvalue weighted by Crippen LogP contribution is -2.52. The van der Waals surface area contributed by atoms with E-state index in [9.17, 15) is 19.5 Å². The van der Waals surface area contributed by atoms with Gasteiger partial charge in [0.2, 0.25) is 17.7 Å². The average molecular weight is 592 g/mol. The van der Waals surface area contributed by atoms with E-state index in [0.29, 0.717) is 18.7 Å². The van der Waals surface area contributed by atoms with Crippen LogP contribution in [0.1, 0.15) is 30.0 Å². The molecule has 3 amide bonds. The van der Waals surface area contributed by atoms with Gasteiger partial charge in [-0.2, -0.15) is 0 Å². The Bertz CT molecular complexity index is 1680. The van der Waals surface area contributed by atoms with Crippen LogP contribution in [0.15, 0.2) is 103 Å². The summed E-state index contributed by atoms with van der Waals surface area (Å²) in [5.41, 5.74) is 2.38. The highest BCUT2D eigenvalue weighted by Crippen LogP contribution is 2.67. The zero-order valence-corrected chi connectivity index (χ0v) is 24.4. The highest BCUT2D eigenvalue weighted by Gasteiger charge is 2.74. The van der Waals surface area contributed by atoms with Crippen LogP contribution in [0.3, 0.4) is 0 Å². The Hall–Kier alpha value is -4.14. The van der Waals surface area contributed by atoms with Crippen molar-refractivity contribution in [3.8, 4) is 0 Å². The molecule has 8 heteroatoms. The van der Waals surface area contributed by atoms with Crippen molar-refractivity contribution in [3.05, 3.63) is 114 Å². The zero-order valence-electron chi connectivity index (χ0n) is 23.6. The van der Waals surface area contributed by atoms with Crippen molar-refractivity contribution in [1.82, 2.24) is 10.2 Å². The normalized spacial score (nSPS) is 26.3. The number of nitrogens with zero attached hydrogens (tertiary/aromatic N) is 1. The molecule has 3 heterocycles. The van der Waals surface area contributed by atoms with Gasteiger partial charge in [-0.3, -0.25) is 14.4 Å². The summed E-state index contributed by atoms with van der Waals surface area (Å²) in [4.78, 5) is 44.2. The second-order valence-corrected chi connectivity index (χ2v) is 13.3. The van der Waals surface area contributed by atoms with Crippen LogP contribution in [0.4, 0.5) is 5.69 Å². The fourth-order valence-corrected chi connectivity index (χ4v) is 9.64. The van der Waals surface area contributed by atoms with E-state index >= 15 is 0 Å². The molecule has 43 heavy (non-hydrogen) atoms. The Balaban J connectivity index is 1.24. The van der Waals surface area contributed by atoms with Gasteiger partial charge >= 0.3 is 0 Å². The van der Waals surface area contributed by atoms with Crippen molar-refractivity contribution in [1.29, 1.82) is 0 Å². The lowest BCUT2D eigenvalue weighted by Gasteiger charge is -2.37. The molecule has 3 N–H and O–H groups in total. The summed E-state index contributed by atoms with van der Waals surface area (Å²) >= 11 is 1.62. The van der Waals surface area contributed by atoms with E-state index in [-0.39, 0.29) is 29.6 Å². The largest absolute Gasteiger partial charge is 0.394 e. The van der Waals surface area contributed by atoms with Gasteiger partial charge in [0.1, 0.15) is 6.04 Å². The van der Waals surface area contributed by atoms with Crippen LogP contribution in [0.25, 0.3) is 10.8 Å². The van der Waals surface area contributed by atoms with Gasteiger partial charge in [0.15, 0.2) is 0 Å². The quantitative estimate of drug-likeness (QED) is 0.270. The second kappa shape index (κ2) is 11.2. The van der Waals surface area contributed by atoms with E-state index in [2.05, 4.69) is 10.6 Å². The Morgan fingerprint density at radius 1 is 0.907 bits per heavy atom. The molecule has 0 radical (unpaired) electrons. The lowest BCUT2D eigenvalue weighted by atomic mass is 9.70. The maximum Gasteiger partial charge on any atom is 0.248 e. The molecule has 2 unspecified atom stereocenters. The first-order chi connectivity index (χ1) is 21.0. The van der Waals surface area contributed by atoms with Crippen molar-refractivity contribution in [2.24, 2.45) is 11.8 Å². The SMILES string of the molecule is O=C(Nc1ccc2ccccc2c1)C1N([C@H](CO)c2ccccc2)C(=O)[C@@H]2[C@@H](C(=O)NCc3ccccc3)[C@H]3CCC12S3. The molecule has 0 aromatic heterocycles. The van der Waals surface area contributed by atoms with Crippen LogP contribution < -0.4 is 10.6 Å². The van der Waals surface area contributed by atoms with Crippen LogP contribution in [0, 0.1) is 11.8 Å². The first-order valence-corrected chi connectivity index (χ1v) is 15.7. The van der Waals surface area contributed by atoms with Crippen molar-refractivity contribution in [3.63, 3.8) is 0 Å². The van der Waals surface area contributed by atoms with Crippen LogP contribution >= 0.6 is 11.8 Å². The molecule has 3 fully saturated rings. The van der Waals surface area contributed by atoms with Crippen LogP contribution in [0.5, 0.6) is 0 Å². The fraction of sp³-hybridized carbons (Fsp3) is 0.286. The third-order valence-corrected chi connectivity index (χ3v) is 11.3. The molecule has 6 atom stereocenters. The number of fused-ring (bicyclic) bond motifs is 2. The third-order valence-electron chi connectivity index (χ3n) is 9.31.